The summed E-state index contributed by atoms with van der Waals surface area (Å²) >= 11 is 0. The summed E-state index contributed by atoms with van der Waals surface area (Å²) in [7, 11) is 0. The topological polar surface area (TPSA) is 92.5 Å². The van der Waals surface area contributed by atoms with E-state index in [1.165, 1.54) is 12.4 Å². The van der Waals surface area contributed by atoms with Crippen LogP contribution in [0, 0.1) is 0 Å². The number of aliphatic imine (C=N–C) groups is 1. The lowest BCUT2D eigenvalue weighted by Crippen LogP contribution is -2.31. The zero-order chi connectivity index (χ0) is 16.2. The van der Waals surface area contributed by atoms with E-state index in [0.29, 0.717) is 6.42 Å². The molecule has 1 aromatic heterocycles. The lowest BCUT2D eigenvalue weighted by Gasteiger charge is -2.16. The Morgan fingerprint density at radius 3 is 2.48 bits per heavy atom. The molecule has 6 heteroatoms. The van der Waals surface area contributed by atoms with E-state index >= 15 is 0 Å². The summed E-state index contributed by atoms with van der Waals surface area (Å²) in [6, 6.07) is 9.09. The maximum atomic E-state index is 12.4. The number of hydrogen-bond acceptors (Lipinski definition) is 6. The first-order valence-electron chi connectivity index (χ1n) is 7.29. The molecule has 3 rings (SSSR count). The van der Waals surface area contributed by atoms with Crippen molar-refractivity contribution in [1.82, 2.24) is 9.97 Å². The fraction of sp³-hybridized carbons (Fsp3) is 0.235. The lowest BCUT2D eigenvalue weighted by molar-refractivity contribution is 0.0956. The van der Waals surface area contributed by atoms with Gasteiger partial charge in [-0.3, -0.25) is 14.6 Å². The van der Waals surface area contributed by atoms with Gasteiger partial charge in [0.25, 0.3) is 0 Å². The van der Waals surface area contributed by atoms with Gasteiger partial charge in [-0.05, 0) is 12.0 Å². The number of hydrogen-bond donors (Lipinski definition) is 1. The van der Waals surface area contributed by atoms with Crippen LogP contribution in [-0.2, 0) is 6.42 Å². The minimum absolute atomic E-state index is 0.0406. The van der Waals surface area contributed by atoms with Crippen LogP contribution in [0.2, 0.25) is 0 Å². The van der Waals surface area contributed by atoms with Crippen LogP contribution in [0.1, 0.15) is 33.0 Å². The molecule has 0 saturated heterocycles. The Kier molecular flexibility index (Phi) is 4.34. The average molecular weight is 309 g/mol. The van der Waals surface area contributed by atoms with Crippen molar-refractivity contribution in [2.45, 2.75) is 18.9 Å². The Morgan fingerprint density at radius 2 is 1.78 bits per heavy atom. The Balaban J connectivity index is 1.87. The molecule has 1 aliphatic rings. The van der Waals surface area contributed by atoms with E-state index in [9.17, 15) is 14.7 Å². The smallest absolute Gasteiger partial charge is 0.227 e. The molecule has 0 saturated carbocycles. The summed E-state index contributed by atoms with van der Waals surface area (Å²) in [6.45, 7) is -0.201. The molecule has 0 fully saturated rings. The van der Waals surface area contributed by atoms with Gasteiger partial charge in [-0.1, -0.05) is 30.3 Å². The lowest BCUT2D eigenvalue weighted by atomic mass is 9.95. The van der Waals surface area contributed by atoms with Crippen molar-refractivity contribution in [3.05, 3.63) is 59.7 Å². The van der Waals surface area contributed by atoms with Crippen molar-refractivity contribution < 1.29 is 14.7 Å². The Hall–Kier alpha value is -2.73. The standard InChI is InChI=1S/C17H15N3O3/c21-10-12(8-11-4-2-1-3-5-11)20-13-9-14(22)15-16(17(13)23)19-7-6-18-15/h1-7,12,21H,8-10H2. The van der Waals surface area contributed by atoms with Crippen LogP contribution in [0.5, 0.6) is 0 Å². The summed E-state index contributed by atoms with van der Waals surface area (Å²) < 4.78 is 0. The van der Waals surface area contributed by atoms with Gasteiger partial charge in [0.15, 0.2) is 5.78 Å². The number of aliphatic hydroxyl groups is 1. The summed E-state index contributed by atoms with van der Waals surface area (Å²) in [4.78, 5) is 36.6. The van der Waals surface area contributed by atoms with Crippen LogP contribution in [0.4, 0.5) is 0 Å². The first-order valence-corrected chi connectivity index (χ1v) is 7.29. The summed E-state index contributed by atoms with van der Waals surface area (Å²) in [6.07, 6.45) is 3.16. The molecule has 0 amide bonds. The van der Waals surface area contributed by atoms with Crippen LogP contribution in [0.25, 0.3) is 0 Å². The molecule has 23 heavy (non-hydrogen) atoms. The summed E-state index contributed by atoms with van der Waals surface area (Å²) in [5.41, 5.74) is 1.28. The maximum Gasteiger partial charge on any atom is 0.227 e. The molecule has 6 nitrogen and oxygen atoms in total. The van der Waals surface area contributed by atoms with Crippen molar-refractivity contribution in [3.8, 4) is 0 Å². The number of rotatable bonds is 4. The van der Waals surface area contributed by atoms with E-state index < -0.39 is 6.04 Å². The fourth-order valence-electron chi connectivity index (χ4n) is 2.52. The van der Waals surface area contributed by atoms with Gasteiger partial charge in [-0.2, -0.15) is 0 Å². The second-order valence-corrected chi connectivity index (χ2v) is 5.28. The van der Waals surface area contributed by atoms with E-state index in [1.807, 2.05) is 30.3 Å². The minimum atomic E-state index is -0.470. The van der Waals surface area contributed by atoms with Crippen molar-refractivity contribution in [2.24, 2.45) is 4.99 Å². The molecule has 1 atom stereocenters. The van der Waals surface area contributed by atoms with Crippen LogP contribution >= 0.6 is 0 Å². The van der Waals surface area contributed by atoms with Crippen molar-refractivity contribution in [3.63, 3.8) is 0 Å². The predicted octanol–water partition coefficient (Wildman–Crippen LogP) is 1.29. The number of benzene rings is 1. The van der Waals surface area contributed by atoms with E-state index in [0.717, 1.165) is 5.56 Å². The highest BCUT2D eigenvalue weighted by molar-refractivity contribution is 6.52. The van der Waals surface area contributed by atoms with Gasteiger partial charge in [0.2, 0.25) is 5.78 Å². The van der Waals surface area contributed by atoms with Crippen LogP contribution in [-0.4, -0.2) is 45.0 Å². The number of nitrogens with zero attached hydrogens (tertiary/aromatic N) is 3. The Labute approximate surface area is 132 Å². The first-order chi connectivity index (χ1) is 11.2. The maximum absolute atomic E-state index is 12.4. The Bertz CT molecular complexity index is 772. The zero-order valence-electron chi connectivity index (χ0n) is 12.3. The second kappa shape index (κ2) is 6.58. The third kappa shape index (κ3) is 3.22. The number of carbonyl (C=O) groups excluding carboxylic acids is 2. The Morgan fingerprint density at radius 1 is 1.09 bits per heavy atom. The molecule has 1 N–H and O–H groups in total. The van der Waals surface area contributed by atoms with Gasteiger partial charge in [-0.15, -0.1) is 0 Å². The normalized spacial score (nSPS) is 17.2. The molecule has 0 aliphatic heterocycles. The van der Waals surface area contributed by atoms with Crippen molar-refractivity contribution in [2.75, 3.05) is 6.61 Å². The predicted molar refractivity (Wildman–Crippen MR) is 83.8 cm³/mol. The summed E-state index contributed by atoms with van der Waals surface area (Å²) in [5.74, 6) is -0.665. The summed E-state index contributed by atoms with van der Waals surface area (Å²) in [5, 5.41) is 9.53. The van der Waals surface area contributed by atoms with Gasteiger partial charge < -0.3 is 5.11 Å². The molecule has 1 aliphatic carbocycles. The SMILES string of the molecule is O=C1CC(=NC(CO)Cc2ccccc2)C(=O)c2nccnc21. The first kappa shape index (κ1) is 15.2. The molecule has 0 bridgehead atoms. The highest BCUT2D eigenvalue weighted by Crippen LogP contribution is 2.17. The van der Waals surface area contributed by atoms with E-state index in [-0.39, 0.29) is 41.7 Å². The van der Waals surface area contributed by atoms with E-state index in [1.54, 1.807) is 0 Å². The van der Waals surface area contributed by atoms with Crippen LogP contribution in [0.3, 0.4) is 0 Å². The average Bonchev–Trinajstić information content (AvgIpc) is 2.59. The van der Waals surface area contributed by atoms with Gasteiger partial charge in [0.1, 0.15) is 11.4 Å². The van der Waals surface area contributed by atoms with E-state index in [2.05, 4.69) is 15.0 Å². The molecular weight excluding hydrogens is 294 g/mol. The fourth-order valence-corrected chi connectivity index (χ4v) is 2.52. The van der Waals surface area contributed by atoms with Crippen LogP contribution in [0.15, 0.2) is 47.7 Å². The second-order valence-electron chi connectivity index (χ2n) is 5.28. The molecule has 116 valence electrons. The number of fused-ring (bicyclic) bond motifs is 1. The van der Waals surface area contributed by atoms with Gasteiger partial charge in [0.05, 0.1) is 24.8 Å². The largest absolute Gasteiger partial charge is 0.394 e. The number of aromatic nitrogens is 2. The monoisotopic (exact) mass is 309 g/mol. The number of carbonyl (C=O) groups is 2. The number of aliphatic hydroxyl groups excluding tert-OH is 1. The molecule has 0 radical (unpaired) electrons. The molecular formula is C17H15N3O3. The molecule has 2 aromatic rings. The number of Topliss-reactive ketones (excluding diaryl/α,β-unsaturated/α-hetero) is 2. The molecule has 1 unspecified atom stereocenters. The molecule has 0 spiro atoms. The minimum Gasteiger partial charge on any atom is -0.394 e. The molecule has 1 aromatic carbocycles. The zero-order valence-corrected chi connectivity index (χ0v) is 12.3. The van der Waals surface area contributed by atoms with Crippen molar-refractivity contribution >= 4 is 17.3 Å². The van der Waals surface area contributed by atoms with Gasteiger partial charge in [0, 0.05) is 12.4 Å². The number of ketones is 2. The third-order valence-electron chi connectivity index (χ3n) is 3.63. The third-order valence-corrected chi connectivity index (χ3v) is 3.63. The quantitative estimate of drug-likeness (QED) is 0.918. The van der Waals surface area contributed by atoms with Crippen LogP contribution < -0.4 is 0 Å². The highest BCUT2D eigenvalue weighted by atomic mass is 16.3. The van der Waals surface area contributed by atoms with Gasteiger partial charge >= 0.3 is 0 Å². The van der Waals surface area contributed by atoms with Gasteiger partial charge in [-0.25, -0.2) is 9.97 Å². The highest BCUT2D eigenvalue weighted by Gasteiger charge is 2.32. The van der Waals surface area contributed by atoms with Crippen molar-refractivity contribution in [1.29, 1.82) is 0 Å². The molecule has 1 heterocycles. The van der Waals surface area contributed by atoms with E-state index in [4.69, 9.17) is 0 Å².